The molecule has 3 N–H and O–H groups in total. The van der Waals surface area contributed by atoms with Crippen LogP contribution in [0.5, 0.6) is 0 Å². The third kappa shape index (κ3) is 2.43. The summed E-state index contributed by atoms with van der Waals surface area (Å²) in [5.74, 6) is -4.66. The van der Waals surface area contributed by atoms with Gasteiger partial charge in [-0.2, -0.15) is 0 Å². The zero-order valence-electron chi connectivity index (χ0n) is 7.85. The van der Waals surface area contributed by atoms with Gasteiger partial charge in [0.1, 0.15) is 18.5 Å². The fraction of sp³-hybridized carbons (Fsp3) is 0.333. The Morgan fingerprint density at radius 1 is 1.38 bits per heavy atom. The average molecular weight is 274 g/mol. The van der Waals surface area contributed by atoms with Crippen LogP contribution in [-0.2, 0) is 0 Å². The summed E-state index contributed by atoms with van der Waals surface area (Å²) in [5.41, 5.74) is 4.56. The molecular formula is C9H8Cl2F3NO. The van der Waals surface area contributed by atoms with Crippen molar-refractivity contribution >= 4 is 23.2 Å². The van der Waals surface area contributed by atoms with Crippen molar-refractivity contribution in [3.05, 3.63) is 33.6 Å². The molecule has 0 aliphatic carbocycles. The molecule has 0 spiro atoms. The van der Waals surface area contributed by atoms with Crippen molar-refractivity contribution in [2.45, 2.75) is 12.0 Å². The number of nitrogens with two attached hydrogens (primary N) is 1. The molecule has 0 bridgehead atoms. The molecule has 0 aromatic heterocycles. The Morgan fingerprint density at radius 2 is 1.94 bits per heavy atom. The number of benzene rings is 1. The van der Waals surface area contributed by atoms with E-state index in [9.17, 15) is 13.2 Å². The van der Waals surface area contributed by atoms with Gasteiger partial charge in [-0.25, -0.2) is 13.2 Å². The van der Waals surface area contributed by atoms with Gasteiger partial charge in [-0.15, -0.1) is 0 Å². The van der Waals surface area contributed by atoms with Crippen molar-refractivity contribution in [3.8, 4) is 0 Å². The normalized spacial score (nSPS) is 13.9. The summed E-state index contributed by atoms with van der Waals surface area (Å²) in [5, 5.41) is 7.99. The summed E-state index contributed by atoms with van der Waals surface area (Å²) in [6.45, 7) is -1.50. The van der Waals surface area contributed by atoms with Crippen LogP contribution in [0, 0.1) is 5.82 Å². The Hall–Kier alpha value is -0.490. The van der Waals surface area contributed by atoms with Crippen LogP contribution >= 0.6 is 23.2 Å². The van der Waals surface area contributed by atoms with Gasteiger partial charge in [0.05, 0.1) is 10.0 Å². The van der Waals surface area contributed by atoms with E-state index in [1.807, 2.05) is 0 Å². The fourth-order valence-electron chi connectivity index (χ4n) is 1.14. The second-order valence-corrected chi connectivity index (χ2v) is 3.94. The third-order valence-electron chi connectivity index (χ3n) is 2.06. The number of hydrogen-bond donors (Lipinski definition) is 2. The Balaban J connectivity index is 3.28. The first-order valence-corrected chi connectivity index (χ1v) is 4.94. The van der Waals surface area contributed by atoms with Crippen molar-refractivity contribution in [2.24, 2.45) is 5.73 Å². The smallest absolute Gasteiger partial charge is 0.289 e. The first-order chi connectivity index (χ1) is 7.31. The standard InChI is InChI=1S/C9H8Cl2F3NO/c10-4-1-2-5(12)6(7(4)11)8(15)9(13,14)3-16/h1-2,8,16H,3,15H2/t8-/m0/s1. The maximum absolute atomic E-state index is 13.3. The van der Waals surface area contributed by atoms with Crippen LogP contribution in [0.1, 0.15) is 11.6 Å². The van der Waals surface area contributed by atoms with Crippen LogP contribution in [0.2, 0.25) is 10.0 Å². The molecule has 16 heavy (non-hydrogen) atoms. The first kappa shape index (κ1) is 13.6. The van der Waals surface area contributed by atoms with Crippen molar-refractivity contribution in [2.75, 3.05) is 6.61 Å². The topological polar surface area (TPSA) is 46.2 Å². The van der Waals surface area contributed by atoms with Crippen molar-refractivity contribution in [3.63, 3.8) is 0 Å². The van der Waals surface area contributed by atoms with E-state index in [2.05, 4.69) is 0 Å². The first-order valence-electron chi connectivity index (χ1n) is 4.19. The number of rotatable bonds is 3. The quantitative estimate of drug-likeness (QED) is 0.832. The maximum Gasteiger partial charge on any atom is 0.289 e. The maximum atomic E-state index is 13.3. The predicted molar refractivity (Wildman–Crippen MR) is 55.4 cm³/mol. The van der Waals surface area contributed by atoms with Gasteiger partial charge in [0.2, 0.25) is 0 Å². The zero-order chi connectivity index (χ0) is 12.5. The van der Waals surface area contributed by atoms with Crippen LogP contribution in [0.25, 0.3) is 0 Å². The number of hydrogen-bond acceptors (Lipinski definition) is 2. The van der Waals surface area contributed by atoms with Gasteiger partial charge in [0, 0.05) is 5.56 Å². The Bertz CT molecular complexity index is 401. The zero-order valence-corrected chi connectivity index (χ0v) is 9.37. The molecule has 0 saturated carbocycles. The van der Waals surface area contributed by atoms with E-state index in [4.69, 9.17) is 34.0 Å². The highest BCUT2D eigenvalue weighted by atomic mass is 35.5. The van der Waals surface area contributed by atoms with Crippen LogP contribution in [0.4, 0.5) is 13.2 Å². The lowest BCUT2D eigenvalue weighted by molar-refractivity contribution is -0.0718. The Morgan fingerprint density at radius 3 is 2.44 bits per heavy atom. The second kappa shape index (κ2) is 4.79. The minimum absolute atomic E-state index is 0.0812. The van der Waals surface area contributed by atoms with E-state index in [1.54, 1.807) is 0 Å². The molecule has 0 heterocycles. The fourth-order valence-corrected chi connectivity index (χ4v) is 1.57. The molecule has 0 radical (unpaired) electrons. The van der Waals surface area contributed by atoms with E-state index >= 15 is 0 Å². The largest absolute Gasteiger partial charge is 0.390 e. The molecule has 1 aromatic carbocycles. The van der Waals surface area contributed by atoms with Gasteiger partial charge < -0.3 is 10.8 Å². The molecule has 0 aliphatic heterocycles. The van der Waals surface area contributed by atoms with Crippen molar-refractivity contribution in [1.29, 1.82) is 0 Å². The molecule has 0 amide bonds. The Labute approximate surface area is 99.8 Å². The highest BCUT2D eigenvalue weighted by molar-refractivity contribution is 6.42. The third-order valence-corrected chi connectivity index (χ3v) is 2.88. The summed E-state index contributed by atoms with van der Waals surface area (Å²) in [6, 6.07) is -0.0349. The van der Waals surface area contributed by atoms with Gasteiger partial charge in [-0.1, -0.05) is 23.2 Å². The summed E-state index contributed by atoms with van der Waals surface area (Å²) in [7, 11) is 0. The molecule has 7 heteroatoms. The number of halogens is 5. The number of aliphatic hydroxyl groups excluding tert-OH is 1. The summed E-state index contributed by atoms with van der Waals surface area (Å²) >= 11 is 11.2. The predicted octanol–water partition coefficient (Wildman–Crippen LogP) is 2.76. The molecule has 2 nitrogen and oxygen atoms in total. The van der Waals surface area contributed by atoms with E-state index in [1.165, 1.54) is 0 Å². The van der Waals surface area contributed by atoms with Gasteiger partial charge >= 0.3 is 0 Å². The van der Waals surface area contributed by atoms with Crippen LogP contribution in [-0.4, -0.2) is 17.6 Å². The highest BCUT2D eigenvalue weighted by Crippen LogP contribution is 2.37. The molecule has 0 unspecified atom stereocenters. The Kier molecular flexibility index (Phi) is 4.07. The molecule has 0 fully saturated rings. The van der Waals surface area contributed by atoms with Gasteiger partial charge in [-0.05, 0) is 12.1 Å². The van der Waals surface area contributed by atoms with E-state index < -0.39 is 30.0 Å². The van der Waals surface area contributed by atoms with Gasteiger partial charge in [-0.3, -0.25) is 0 Å². The minimum Gasteiger partial charge on any atom is -0.390 e. The molecule has 0 saturated heterocycles. The highest BCUT2D eigenvalue weighted by Gasteiger charge is 2.40. The van der Waals surface area contributed by atoms with Crippen LogP contribution in [0.3, 0.4) is 0 Å². The number of alkyl halides is 2. The van der Waals surface area contributed by atoms with Crippen LogP contribution < -0.4 is 5.73 Å². The lowest BCUT2D eigenvalue weighted by atomic mass is 10.0. The van der Waals surface area contributed by atoms with Gasteiger partial charge in [0.15, 0.2) is 0 Å². The van der Waals surface area contributed by atoms with E-state index in [0.29, 0.717) is 0 Å². The summed E-state index contributed by atoms with van der Waals surface area (Å²) in [4.78, 5) is 0. The lowest BCUT2D eigenvalue weighted by Gasteiger charge is -2.23. The average Bonchev–Trinajstić information content (AvgIpc) is 2.24. The summed E-state index contributed by atoms with van der Waals surface area (Å²) < 4.78 is 39.5. The molecular weight excluding hydrogens is 266 g/mol. The van der Waals surface area contributed by atoms with Crippen molar-refractivity contribution < 1.29 is 18.3 Å². The van der Waals surface area contributed by atoms with Crippen LogP contribution in [0.15, 0.2) is 12.1 Å². The lowest BCUT2D eigenvalue weighted by Crippen LogP contribution is -2.37. The van der Waals surface area contributed by atoms with E-state index in [-0.39, 0.29) is 10.0 Å². The van der Waals surface area contributed by atoms with Gasteiger partial charge in [0.25, 0.3) is 5.92 Å². The SMILES string of the molecule is N[C@@H](c1c(F)ccc(Cl)c1Cl)C(F)(F)CO. The molecule has 1 atom stereocenters. The monoisotopic (exact) mass is 273 g/mol. The molecule has 1 rings (SSSR count). The second-order valence-electron chi connectivity index (χ2n) is 3.15. The number of aliphatic hydroxyl groups is 1. The van der Waals surface area contributed by atoms with E-state index in [0.717, 1.165) is 12.1 Å². The molecule has 0 aliphatic rings. The minimum atomic E-state index is -3.67. The summed E-state index contributed by atoms with van der Waals surface area (Å²) in [6.07, 6.45) is 0. The molecule has 1 aromatic rings. The van der Waals surface area contributed by atoms with Crippen molar-refractivity contribution in [1.82, 2.24) is 0 Å². The molecule has 90 valence electrons.